The molecule has 0 aliphatic carbocycles. The number of hydrogen-bond acceptors (Lipinski definition) is 3. The second kappa shape index (κ2) is 1.90. The third-order valence-corrected chi connectivity index (χ3v) is 1.74. The summed E-state index contributed by atoms with van der Waals surface area (Å²) in [4.78, 5) is 10.9. The van der Waals surface area contributed by atoms with Gasteiger partial charge in [0.15, 0.2) is 0 Å². The number of fused-ring (bicyclic) bond motifs is 1. The third-order valence-electron chi connectivity index (χ3n) is 1.74. The van der Waals surface area contributed by atoms with Gasteiger partial charge >= 0.3 is 5.69 Å². The van der Waals surface area contributed by atoms with Gasteiger partial charge in [-0.1, -0.05) is 5.10 Å². The van der Waals surface area contributed by atoms with Gasteiger partial charge in [0.2, 0.25) is 0 Å². The molecule has 1 aromatic rings. The van der Waals surface area contributed by atoms with Gasteiger partial charge in [0.1, 0.15) is 0 Å². The molecule has 4 heteroatoms. The summed E-state index contributed by atoms with van der Waals surface area (Å²) in [5.41, 5.74) is 0.801. The summed E-state index contributed by atoms with van der Waals surface area (Å²) >= 11 is 0. The molecule has 4 nitrogen and oxygen atoms in total. The van der Waals surface area contributed by atoms with Gasteiger partial charge in [-0.15, -0.1) is 0 Å². The predicted octanol–water partition coefficient (Wildman–Crippen LogP) is -0.416. The quantitative estimate of drug-likeness (QED) is 0.488. The Hall–Kier alpha value is -1.19. The highest BCUT2D eigenvalue weighted by atomic mass is 16.1. The van der Waals surface area contributed by atoms with Crippen LogP contribution in [0.25, 0.3) is 0 Å². The Kier molecular flexibility index (Phi) is 1.06. The molecule has 0 fully saturated rings. The van der Waals surface area contributed by atoms with E-state index in [1.54, 1.807) is 10.8 Å². The van der Waals surface area contributed by atoms with Gasteiger partial charge in [-0.25, -0.2) is 4.79 Å². The molecule has 10 heavy (non-hydrogen) atoms. The monoisotopic (exact) mass is 137 g/mol. The van der Waals surface area contributed by atoms with Crippen molar-refractivity contribution in [2.75, 3.05) is 0 Å². The Bertz CT molecular complexity index is 304. The molecule has 0 unspecified atom stereocenters. The molecule has 1 aliphatic rings. The Balaban J connectivity index is 2.70. The van der Waals surface area contributed by atoms with Gasteiger partial charge in [-0.05, 0) is 12.8 Å². The van der Waals surface area contributed by atoms with Crippen LogP contribution >= 0.6 is 0 Å². The zero-order valence-corrected chi connectivity index (χ0v) is 5.45. The van der Waals surface area contributed by atoms with E-state index in [1.807, 2.05) is 0 Å². The van der Waals surface area contributed by atoms with Crippen molar-refractivity contribution in [3.05, 3.63) is 22.4 Å². The van der Waals surface area contributed by atoms with E-state index in [-0.39, 0.29) is 5.69 Å². The molecule has 0 spiro atoms. The van der Waals surface area contributed by atoms with Crippen LogP contribution in [0.2, 0.25) is 0 Å². The maximum absolute atomic E-state index is 10.9. The summed E-state index contributed by atoms with van der Waals surface area (Å²) in [6.07, 6.45) is 3.67. The highest BCUT2D eigenvalue weighted by Crippen LogP contribution is 2.07. The number of aryl methyl sites for hydroxylation is 1. The second-order valence-electron chi connectivity index (χ2n) is 2.37. The average molecular weight is 137 g/mol. The van der Waals surface area contributed by atoms with Crippen molar-refractivity contribution < 1.29 is 0 Å². The fraction of sp³-hybridized carbons (Fsp3) is 0.500. The lowest BCUT2D eigenvalue weighted by molar-refractivity contribution is 0.675. The standard InChI is InChI=1S/C6H7N3O/c10-6-8-7-4-5-2-1-3-9(5)6/h4H,1-3H2. The minimum Gasteiger partial charge on any atom is -0.293 e. The van der Waals surface area contributed by atoms with E-state index in [1.165, 1.54) is 0 Å². The minimum atomic E-state index is -0.213. The maximum atomic E-state index is 10.9. The van der Waals surface area contributed by atoms with Crippen LogP contribution in [0.5, 0.6) is 0 Å². The van der Waals surface area contributed by atoms with Crippen LogP contribution in [0, 0.1) is 0 Å². The summed E-state index contributed by atoms with van der Waals surface area (Å²) in [6, 6.07) is 0. The highest BCUT2D eigenvalue weighted by Gasteiger charge is 2.10. The molecule has 0 amide bonds. The number of aromatic nitrogens is 3. The van der Waals surface area contributed by atoms with Gasteiger partial charge in [-0.3, -0.25) is 4.57 Å². The zero-order chi connectivity index (χ0) is 6.97. The Morgan fingerprint density at radius 3 is 3.30 bits per heavy atom. The fourth-order valence-electron chi connectivity index (χ4n) is 1.25. The summed E-state index contributed by atoms with van der Waals surface area (Å²) < 4.78 is 1.67. The number of nitrogens with zero attached hydrogens (tertiary/aromatic N) is 3. The van der Waals surface area contributed by atoms with Gasteiger partial charge in [-0.2, -0.15) is 5.10 Å². The van der Waals surface area contributed by atoms with Gasteiger partial charge in [0.25, 0.3) is 0 Å². The van der Waals surface area contributed by atoms with Crippen molar-refractivity contribution in [2.45, 2.75) is 19.4 Å². The number of rotatable bonds is 0. The first-order valence-electron chi connectivity index (χ1n) is 3.29. The van der Waals surface area contributed by atoms with Crippen LogP contribution < -0.4 is 5.69 Å². The molecule has 1 aliphatic heterocycles. The van der Waals surface area contributed by atoms with Crippen molar-refractivity contribution in [1.82, 2.24) is 14.8 Å². The summed E-state index contributed by atoms with van der Waals surface area (Å²) in [5, 5.41) is 6.98. The highest BCUT2D eigenvalue weighted by molar-refractivity contribution is 4.99. The molecule has 1 aromatic heterocycles. The van der Waals surface area contributed by atoms with E-state index < -0.39 is 0 Å². The maximum Gasteiger partial charge on any atom is 0.366 e. The van der Waals surface area contributed by atoms with Crippen LogP contribution in [0.4, 0.5) is 0 Å². The Morgan fingerprint density at radius 1 is 1.60 bits per heavy atom. The SMILES string of the molecule is O=c1nncc2n1CCC2. The molecule has 2 heterocycles. The van der Waals surface area contributed by atoms with Gasteiger partial charge in [0, 0.05) is 12.2 Å². The molecule has 0 aromatic carbocycles. The van der Waals surface area contributed by atoms with Crippen LogP contribution in [-0.4, -0.2) is 14.8 Å². The van der Waals surface area contributed by atoms with Crippen molar-refractivity contribution in [1.29, 1.82) is 0 Å². The molecular weight excluding hydrogens is 130 g/mol. The second-order valence-corrected chi connectivity index (χ2v) is 2.37. The molecule has 0 saturated carbocycles. The van der Waals surface area contributed by atoms with Crippen LogP contribution in [-0.2, 0) is 13.0 Å². The lowest BCUT2D eigenvalue weighted by Gasteiger charge is -1.96. The minimum absolute atomic E-state index is 0.213. The van der Waals surface area contributed by atoms with Crippen molar-refractivity contribution in [2.24, 2.45) is 0 Å². The van der Waals surface area contributed by atoms with E-state index in [2.05, 4.69) is 10.2 Å². The lowest BCUT2D eigenvalue weighted by Crippen LogP contribution is -2.22. The first-order chi connectivity index (χ1) is 4.88. The molecule has 0 radical (unpaired) electrons. The van der Waals surface area contributed by atoms with E-state index in [0.717, 1.165) is 25.1 Å². The molecule has 2 rings (SSSR count). The third kappa shape index (κ3) is 0.650. The summed E-state index contributed by atoms with van der Waals surface area (Å²) in [5.74, 6) is 0. The van der Waals surface area contributed by atoms with Crippen molar-refractivity contribution in [3.8, 4) is 0 Å². The topological polar surface area (TPSA) is 47.8 Å². The van der Waals surface area contributed by atoms with Crippen molar-refractivity contribution >= 4 is 0 Å². The van der Waals surface area contributed by atoms with Crippen LogP contribution in [0.1, 0.15) is 12.1 Å². The number of hydrogen-bond donors (Lipinski definition) is 0. The van der Waals surface area contributed by atoms with Crippen molar-refractivity contribution in [3.63, 3.8) is 0 Å². The molecule has 0 N–H and O–H groups in total. The van der Waals surface area contributed by atoms with Gasteiger partial charge in [0.05, 0.1) is 6.20 Å². The molecule has 0 saturated heterocycles. The van der Waals surface area contributed by atoms with E-state index in [0.29, 0.717) is 0 Å². The van der Waals surface area contributed by atoms with Gasteiger partial charge < -0.3 is 0 Å². The van der Waals surface area contributed by atoms with Crippen LogP contribution in [0.15, 0.2) is 11.0 Å². The normalized spacial score (nSPS) is 15.2. The average Bonchev–Trinajstić information content (AvgIpc) is 2.36. The zero-order valence-electron chi connectivity index (χ0n) is 5.45. The smallest absolute Gasteiger partial charge is 0.293 e. The van der Waals surface area contributed by atoms with E-state index >= 15 is 0 Å². The van der Waals surface area contributed by atoms with Crippen LogP contribution in [0.3, 0.4) is 0 Å². The Labute approximate surface area is 57.5 Å². The first kappa shape index (κ1) is 5.58. The predicted molar refractivity (Wildman–Crippen MR) is 34.6 cm³/mol. The molecule has 0 atom stereocenters. The molecular formula is C6H7N3O. The largest absolute Gasteiger partial charge is 0.366 e. The van der Waals surface area contributed by atoms with E-state index in [4.69, 9.17) is 0 Å². The summed E-state index contributed by atoms with van der Waals surface area (Å²) in [6.45, 7) is 0.809. The fourth-order valence-corrected chi connectivity index (χ4v) is 1.25. The lowest BCUT2D eigenvalue weighted by atomic mass is 10.3. The summed E-state index contributed by atoms with van der Waals surface area (Å²) in [7, 11) is 0. The van der Waals surface area contributed by atoms with E-state index in [9.17, 15) is 4.79 Å². The molecule has 0 bridgehead atoms. The molecule has 52 valence electrons. The first-order valence-corrected chi connectivity index (χ1v) is 3.29. The Morgan fingerprint density at radius 2 is 2.50 bits per heavy atom.